The zero-order valence-corrected chi connectivity index (χ0v) is 17.0. The molecule has 3 heterocycles. The lowest BCUT2D eigenvalue weighted by Crippen LogP contribution is -2.46. The normalized spacial score (nSPS) is 27.4. The fourth-order valence-electron chi connectivity index (χ4n) is 5.61. The Bertz CT molecular complexity index is 655. The summed E-state index contributed by atoms with van der Waals surface area (Å²) >= 11 is 0. The SMILES string of the molecule is Cc1cccc(C(=O)N2CC[C@]3(CCCN(CCC4CCCCC4)C3)C2)n1. The van der Waals surface area contributed by atoms with E-state index in [4.69, 9.17) is 0 Å². The Hall–Kier alpha value is -1.42. The van der Waals surface area contributed by atoms with E-state index < -0.39 is 0 Å². The summed E-state index contributed by atoms with van der Waals surface area (Å²) in [5, 5.41) is 0. The number of likely N-dealkylation sites (tertiary alicyclic amines) is 2. The Balaban J connectivity index is 1.32. The molecule has 3 aliphatic rings. The van der Waals surface area contributed by atoms with E-state index in [1.807, 2.05) is 25.1 Å². The smallest absolute Gasteiger partial charge is 0.272 e. The van der Waals surface area contributed by atoms with Crippen LogP contribution in [0.1, 0.15) is 74.0 Å². The molecule has 1 aromatic heterocycles. The predicted octanol–water partition coefficient (Wildman–Crippen LogP) is 4.29. The minimum Gasteiger partial charge on any atom is -0.337 e. The van der Waals surface area contributed by atoms with Gasteiger partial charge < -0.3 is 9.80 Å². The van der Waals surface area contributed by atoms with Crippen molar-refractivity contribution in [3.8, 4) is 0 Å². The van der Waals surface area contributed by atoms with Crippen molar-refractivity contribution in [2.45, 2.75) is 64.7 Å². The monoisotopic (exact) mass is 369 g/mol. The lowest BCUT2D eigenvalue weighted by molar-refractivity contribution is 0.0670. The number of piperidine rings is 1. The number of rotatable bonds is 4. The minimum absolute atomic E-state index is 0.120. The molecule has 3 fully saturated rings. The van der Waals surface area contributed by atoms with Crippen molar-refractivity contribution in [2.75, 3.05) is 32.7 Å². The molecule has 4 rings (SSSR count). The molecule has 2 saturated heterocycles. The van der Waals surface area contributed by atoms with Gasteiger partial charge >= 0.3 is 0 Å². The van der Waals surface area contributed by atoms with Crippen LogP contribution in [0.25, 0.3) is 0 Å². The number of carbonyl (C=O) groups excluding carboxylic acids is 1. The third-order valence-corrected chi connectivity index (χ3v) is 7.15. The summed E-state index contributed by atoms with van der Waals surface area (Å²) in [4.78, 5) is 22.1. The highest BCUT2D eigenvalue weighted by molar-refractivity contribution is 5.92. The van der Waals surface area contributed by atoms with Crippen molar-refractivity contribution in [1.82, 2.24) is 14.8 Å². The number of aryl methyl sites for hydroxylation is 1. The second kappa shape index (κ2) is 8.30. The number of hydrogen-bond acceptors (Lipinski definition) is 3. The van der Waals surface area contributed by atoms with E-state index in [0.29, 0.717) is 11.1 Å². The van der Waals surface area contributed by atoms with E-state index in [0.717, 1.165) is 31.1 Å². The Kier molecular flexibility index (Phi) is 5.82. The molecule has 1 saturated carbocycles. The van der Waals surface area contributed by atoms with Crippen LogP contribution < -0.4 is 0 Å². The van der Waals surface area contributed by atoms with Crippen LogP contribution in [0.3, 0.4) is 0 Å². The molecule has 1 aromatic rings. The molecule has 2 aliphatic heterocycles. The second-order valence-electron chi connectivity index (χ2n) is 9.31. The third kappa shape index (κ3) is 4.53. The average Bonchev–Trinajstić information content (AvgIpc) is 3.10. The molecule has 4 heteroatoms. The number of carbonyl (C=O) groups is 1. The van der Waals surface area contributed by atoms with E-state index in [1.54, 1.807) is 0 Å². The molecule has 1 atom stereocenters. The third-order valence-electron chi connectivity index (χ3n) is 7.15. The van der Waals surface area contributed by atoms with Crippen molar-refractivity contribution < 1.29 is 4.79 Å². The quantitative estimate of drug-likeness (QED) is 0.794. The highest BCUT2D eigenvalue weighted by Gasteiger charge is 2.43. The van der Waals surface area contributed by atoms with Crippen LogP contribution in [0, 0.1) is 18.3 Å². The van der Waals surface area contributed by atoms with Crippen molar-refractivity contribution in [2.24, 2.45) is 11.3 Å². The zero-order chi connectivity index (χ0) is 18.7. The molecule has 0 N–H and O–H groups in total. The van der Waals surface area contributed by atoms with Gasteiger partial charge in [-0.25, -0.2) is 4.98 Å². The minimum atomic E-state index is 0.120. The van der Waals surface area contributed by atoms with Gasteiger partial charge in [-0.15, -0.1) is 0 Å². The van der Waals surface area contributed by atoms with Gasteiger partial charge in [0.15, 0.2) is 0 Å². The standard InChI is InChI=1S/C23H35N3O/c1-19-7-5-10-21(24-19)22(27)26-16-13-23(18-26)12-6-14-25(17-23)15-11-20-8-3-2-4-9-20/h5,7,10,20H,2-4,6,8-9,11-18H2,1H3/t23-/m0/s1. The maximum atomic E-state index is 12.9. The number of hydrogen-bond donors (Lipinski definition) is 0. The van der Waals surface area contributed by atoms with Crippen LogP contribution >= 0.6 is 0 Å². The summed E-state index contributed by atoms with van der Waals surface area (Å²) in [6.07, 6.45) is 12.3. The number of pyridine rings is 1. The maximum absolute atomic E-state index is 12.9. The molecule has 4 nitrogen and oxygen atoms in total. The van der Waals surface area contributed by atoms with Crippen molar-refractivity contribution in [1.29, 1.82) is 0 Å². The van der Waals surface area contributed by atoms with Crippen LogP contribution in [-0.4, -0.2) is 53.4 Å². The Morgan fingerprint density at radius 1 is 1.11 bits per heavy atom. The molecule has 1 amide bonds. The lowest BCUT2D eigenvalue weighted by atomic mass is 9.79. The summed E-state index contributed by atoms with van der Waals surface area (Å²) in [7, 11) is 0. The van der Waals surface area contributed by atoms with Gasteiger partial charge in [0.05, 0.1) is 0 Å². The first-order valence-corrected chi connectivity index (χ1v) is 11.1. The van der Waals surface area contributed by atoms with Gasteiger partial charge in [0, 0.05) is 30.7 Å². The predicted molar refractivity (Wildman–Crippen MR) is 109 cm³/mol. The lowest BCUT2D eigenvalue weighted by Gasteiger charge is -2.41. The number of nitrogens with zero attached hydrogens (tertiary/aromatic N) is 3. The second-order valence-corrected chi connectivity index (χ2v) is 9.31. The average molecular weight is 370 g/mol. The van der Waals surface area contributed by atoms with Crippen LogP contribution in [0.5, 0.6) is 0 Å². The van der Waals surface area contributed by atoms with E-state index >= 15 is 0 Å². The van der Waals surface area contributed by atoms with Gasteiger partial charge in [0.25, 0.3) is 5.91 Å². The summed E-state index contributed by atoms with van der Waals surface area (Å²) in [5.74, 6) is 1.08. The number of amides is 1. The molecule has 0 bridgehead atoms. The van der Waals surface area contributed by atoms with Gasteiger partial charge in [0.2, 0.25) is 0 Å². The van der Waals surface area contributed by atoms with Crippen molar-refractivity contribution >= 4 is 5.91 Å². The topological polar surface area (TPSA) is 36.4 Å². The van der Waals surface area contributed by atoms with E-state index in [-0.39, 0.29) is 5.91 Å². The molecule has 27 heavy (non-hydrogen) atoms. The van der Waals surface area contributed by atoms with Gasteiger partial charge in [-0.2, -0.15) is 0 Å². The first-order valence-electron chi connectivity index (χ1n) is 11.1. The molecule has 148 valence electrons. The molecule has 0 aromatic carbocycles. The summed E-state index contributed by atoms with van der Waals surface area (Å²) in [5.41, 5.74) is 1.85. The van der Waals surface area contributed by atoms with Gasteiger partial charge in [0.1, 0.15) is 5.69 Å². The molecule has 0 unspecified atom stereocenters. The first-order chi connectivity index (χ1) is 13.1. The van der Waals surface area contributed by atoms with Crippen LogP contribution in [0.15, 0.2) is 18.2 Å². The molecule has 0 radical (unpaired) electrons. The van der Waals surface area contributed by atoms with Gasteiger partial charge in [-0.05, 0) is 63.7 Å². The summed E-state index contributed by atoms with van der Waals surface area (Å²) < 4.78 is 0. The van der Waals surface area contributed by atoms with E-state index in [9.17, 15) is 4.79 Å². The maximum Gasteiger partial charge on any atom is 0.272 e. The highest BCUT2D eigenvalue weighted by Crippen LogP contribution is 2.39. The summed E-state index contributed by atoms with van der Waals surface area (Å²) in [6, 6.07) is 5.75. The van der Waals surface area contributed by atoms with Crippen LogP contribution in [0.2, 0.25) is 0 Å². The Labute approximate surface area is 164 Å². The fourth-order valence-corrected chi connectivity index (χ4v) is 5.61. The van der Waals surface area contributed by atoms with E-state index in [1.165, 1.54) is 71.0 Å². The Morgan fingerprint density at radius 2 is 1.96 bits per heavy atom. The first kappa shape index (κ1) is 18.9. The van der Waals surface area contributed by atoms with Crippen molar-refractivity contribution in [3.63, 3.8) is 0 Å². The summed E-state index contributed by atoms with van der Waals surface area (Å²) in [6.45, 7) is 7.46. The molecule has 1 spiro atoms. The highest BCUT2D eigenvalue weighted by atomic mass is 16.2. The number of aromatic nitrogens is 1. The zero-order valence-electron chi connectivity index (χ0n) is 17.0. The molecular weight excluding hydrogens is 334 g/mol. The fraction of sp³-hybridized carbons (Fsp3) is 0.739. The van der Waals surface area contributed by atoms with Gasteiger partial charge in [-0.1, -0.05) is 38.2 Å². The van der Waals surface area contributed by atoms with E-state index in [2.05, 4.69) is 14.8 Å². The largest absolute Gasteiger partial charge is 0.337 e. The molecular formula is C23H35N3O. The van der Waals surface area contributed by atoms with Crippen molar-refractivity contribution in [3.05, 3.63) is 29.6 Å². The van der Waals surface area contributed by atoms with Crippen LogP contribution in [0.4, 0.5) is 0 Å². The van der Waals surface area contributed by atoms with Gasteiger partial charge in [-0.3, -0.25) is 4.79 Å². The molecule has 1 aliphatic carbocycles. The van der Waals surface area contributed by atoms with Crippen LogP contribution in [-0.2, 0) is 0 Å². The Morgan fingerprint density at radius 3 is 2.78 bits per heavy atom.